The Morgan fingerprint density at radius 3 is 2.52 bits per heavy atom. The normalized spacial score (nSPS) is 12.7. The molecule has 0 saturated carbocycles. The third-order valence-electron chi connectivity index (χ3n) is 3.79. The van der Waals surface area contributed by atoms with Gasteiger partial charge in [0.15, 0.2) is 6.10 Å². The van der Waals surface area contributed by atoms with E-state index in [-0.39, 0.29) is 11.3 Å². The van der Waals surface area contributed by atoms with Crippen LogP contribution in [0.4, 0.5) is 10.5 Å². The van der Waals surface area contributed by atoms with E-state index in [1.165, 1.54) is 49.6 Å². The van der Waals surface area contributed by atoms with Crippen LogP contribution in [-0.4, -0.2) is 35.5 Å². The van der Waals surface area contributed by atoms with Crippen molar-refractivity contribution < 1.29 is 29.3 Å². The van der Waals surface area contributed by atoms with E-state index in [0.717, 1.165) is 6.08 Å². The molecule has 2 rings (SSSR count). The van der Waals surface area contributed by atoms with Gasteiger partial charge in [0.05, 0.1) is 11.6 Å². The van der Waals surface area contributed by atoms with Gasteiger partial charge in [0.2, 0.25) is 0 Å². The van der Waals surface area contributed by atoms with E-state index in [1.54, 1.807) is 6.07 Å². The molecule has 0 spiro atoms. The van der Waals surface area contributed by atoms with Gasteiger partial charge in [-0.15, -0.1) is 0 Å². The number of aliphatic carboxylic acids is 1. The highest BCUT2D eigenvalue weighted by Crippen LogP contribution is 2.34. The fourth-order valence-electron chi connectivity index (χ4n) is 2.43. The molecule has 2 aromatic rings. The maximum Gasteiger partial charge on any atom is 0.412 e. The molecule has 0 aliphatic rings. The average Bonchev–Trinajstić information content (AvgIpc) is 2.69. The molecule has 1 amide bonds. The average molecular weight is 461 g/mol. The van der Waals surface area contributed by atoms with Crippen LogP contribution in [0.1, 0.15) is 17.2 Å². The fraction of sp³-hybridized carbons (Fsp3) is 0.150. The zero-order valence-electron chi connectivity index (χ0n) is 15.2. The van der Waals surface area contributed by atoms with E-state index < -0.39 is 24.3 Å². The van der Waals surface area contributed by atoms with Gasteiger partial charge in [-0.2, -0.15) is 5.26 Å². The SMILES string of the molecule is CO[C@H](/C=C/C(=O)O)[C@H](OC(=O)Nc1ccc(C#N)cc1)c1cc(Br)ccc1O. The first-order chi connectivity index (χ1) is 13.8. The number of ether oxygens (including phenoxy) is 2. The number of phenols is 1. The number of carbonyl (C=O) groups excluding carboxylic acids is 1. The summed E-state index contributed by atoms with van der Waals surface area (Å²) in [6.07, 6.45) is -0.921. The van der Waals surface area contributed by atoms with Crippen molar-refractivity contribution in [1.29, 1.82) is 5.26 Å². The first kappa shape index (κ1) is 21.9. The second-order valence-corrected chi connectivity index (χ2v) is 6.66. The number of halogens is 1. The van der Waals surface area contributed by atoms with Crippen molar-refractivity contribution in [2.45, 2.75) is 12.2 Å². The summed E-state index contributed by atoms with van der Waals surface area (Å²) < 4.78 is 11.3. The van der Waals surface area contributed by atoms with Gasteiger partial charge in [-0.1, -0.05) is 15.9 Å². The molecule has 9 heteroatoms. The molecular formula is C20H17BrN2O6. The van der Waals surface area contributed by atoms with Gasteiger partial charge in [-0.25, -0.2) is 9.59 Å². The Kier molecular flexibility index (Phi) is 7.77. The molecule has 2 atom stereocenters. The molecule has 0 unspecified atom stereocenters. The maximum absolute atomic E-state index is 12.4. The minimum absolute atomic E-state index is 0.157. The Bertz CT molecular complexity index is 952. The number of aromatic hydroxyl groups is 1. The lowest BCUT2D eigenvalue weighted by atomic mass is 10.0. The second kappa shape index (κ2) is 10.3. The van der Waals surface area contributed by atoms with E-state index in [2.05, 4.69) is 21.2 Å². The van der Waals surface area contributed by atoms with Gasteiger partial charge in [-0.3, -0.25) is 5.32 Å². The lowest BCUT2D eigenvalue weighted by Crippen LogP contribution is -2.27. The minimum atomic E-state index is -1.20. The number of carboxylic acid groups (broad SMARTS) is 1. The zero-order valence-corrected chi connectivity index (χ0v) is 16.8. The maximum atomic E-state index is 12.4. The van der Waals surface area contributed by atoms with Crippen LogP contribution in [0.5, 0.6) is 5.75 Å². The van der Waals surface area contributed by atoms with Crippen LogP contribution in [0.2, 0.25) is 0 Å². The van der Waals surface area contributed by atoms with Crippen LogP contribution < -0.4 is 5.32 Å². The number of hydrogen-bond acceptors (Lipinski definition) is 6. The summed E-state index contributed by atoms with van der Waals surface area (Å²) in [5.74, 6) is -1.36. The summed E-state index contributed by atoms with van der Waals surface area (Å²) in [6, 6.07) is 12.6. The summed E-state index contributed by atoms with van der Waals surface area (Å²) in [6.45, 7) is 0. The molecule has 8 nitrogen and oxygen atoms in total. The Balaban J connectivity index is 2.30. The first-order valence-corrected chi connectivity index (χ1v) is 9.03. The van der Waals surface area contributed by atoms with E-state index in [1.807, 2.05) is 6.07 Å². The molecule has 150 valence electrons. The van der Waals surface area contributed by atoms with Gasteiger partial charge in [0.1, 0.15) is 11.9 Å². The second-order valence-electron chi connectivity index (χ2n) is 5.74. The topological polar surface area (TPSA) is 129 Å². The third kappa shape index (κ3) is 6.34. The van der Waals surface area contributed by atoms with Crippen LogP contribution >= 0.6 is 15.9 Å². The molecule has 0 saturated heterocycles. The quantitative estimate of drug-likeness (QED) is 0.532. The Hall–Kier alpha value is -3.35. The highest BCUT2D eigenvalue weighted by atomic mass is 79.9. The van der Waals surface area contributed by atoms with Crippen molar-refractivity contribution in [2.75, 3.05) is 12.4 Å². The van der Waals surface area contributed by atoms with Crippen LogP contribution in [0.25, 0.3) is 0 Å². The van der Waals surface area contributed by atoms with Crippen molar-refractivity contribution >= 4 is 33.7 Å². The Morgan fingerprint density at radius 2 is 1.93 bits per heavy atom. The van der Waals surface area contributed by atoms with E-state index in [0.29, 0.717) is 15.7 Å². The van der Waals surface area contributed by atoms with E-state index >= 15 is 0 Å². The van der Waals surface area contributed by atoms with Crippen molar-refractivity contribution in [3.8, 4) is 11.8 Å². The van der Waals surface area contributed by atoms with Gasteiger partial charge in [0.25, 0.3) is 0 Å². The minimum Gasteiger partial charge on any atom is -0.508 e. The van der Waals surface area contributed by atoms with Crippen LogP contribution in [-0.2, 0) is 14.3 Å². The summed E-state index contributed by atoms with van der Waals surface area (Å²) in [5, 5.41) is 30.5. The number of nitriles is 1. The molecular weight excluding hydrogens is 444 g/mol. The van der Waals surface area contributed by atoms with E-state index in [4.69, 9.17) is 19.8 Å². The van der Waals surface area contributed by atoms with Crippen molar-refractivity contribution in [3.05, 3.63) is 70.2 Å². The smallest absolute Gasteiger partial charge is 0.412 e. The number of nitrogens with one attached hydrogen (secondary N) is 1. The molecule has 0 aliphatic carbocycles. The molecule has 0 fully saturated rings. The molecule has 0 aliphatic heterocycles. The zero-order chi connectivity index (χ0) is 21.4. The van der Waals surface area contributed by atoms with Crippen molar-refractivity contribution in [2.24, 2.45) is 0 Å². The van der Waals surface area contributed by atoms with Gasteiger partial charge in [0, 0.05) is 28.9 Å². The van der Waals surface area contributed by atoms with Crippen molar-refractivity contribution in [3.63, 3.8) is 0 Å². The number of carbonyl (C=O) groups is 2. The highest BCUT2D eigenvalue weighted by molar-refractivity contribution is 9.10. The standard InChI is InChI=1S/C20H17BrN2O6/c1-28-17(8-9-18(25)26)19(15-10-13(21)4-7-16(15)24)29-20(27)23-14-5-2-12(11-22)3-6-14/h2-10,17,19,24H,1H3,(H,23,27)(H,25,26)/b9-8+/t17-,19-/m1/s1. The molecule has 29 heavy (non-hydrogen) atoms. The summed E-state index contributed by atoms with van der Waals surface area (Å²) in [4.78, 5) is 23.3. The first-order valence-electron chi connectivity index (χ1n) is 8.24. The number of carboxylic acids is 1. The number of phenolic OH excluding ortho intramolecular Hbond substituents is 1. The number of amides is 1. The summed E-state index contributed by atoms with van der Waals surface area (Å²) in [5.41, 5.74) is 1.04. The van der Waals surface area contributed by atoms with Crippen LogP contribution in [0, 0.1) is 11.3 Å². The molecule has 0 heterocycles. The van der Waals surface area contributed by atoms with Gasteiger partial charge >= 0.3 is 12.1 Å². The lowest BCUT2D eigenvalue weighted by molar-refractivity contribution is -0.131. The number of rotatable bonds is 7. The number of benzene rings is 2. The predicted molar refractivity (Wildman–Crippen MR) is 107 cm³/mol. The molecule has 0 bridgehead atoms. The van der Waals surface area contributed by atoms with Crippen molar-refractivity contribution in [1.82, 2.24) is 0 Å². The Labute approximate surface area is 175 Å². The van der Waals surface area contributed by atoms with Gasteiger partial charge in [-0.05, 0) is 48.5 Å². The number of nitrogens with zero attached hydrogens (tertiary/aromatic N) is 1. The predicted octanol–water partition coefficient (Wildman–Crippen LogP) is 3.97. The lowest BCUT2D eigenvalue weighted by Gasteiger charge is -2.25. The monoisotopic (exact) mass is 460 g/mol. The fourth-order valence-corrected chi connectivity index (χ4v) is 2.81. The summed E-state index contributed by atoms with van der Waals surface area (Å²) >= 11 is 3.28. The molecule has 0 aromatic heterocycles. The Morgan fingerprint density at radius 1 is 1.24 bits per heavy atom. The third-order valence-corrected chi connectivity index (χ3v) is 4.28. The number of hydrogen-bond donors (Lipinski definition) is 3. The van der Waals surface area contributed by atoms with Gasteiger partial charge < -0.3 is 19.7 Å². The van der Waals surface area contributed by atoms with Crippen LogP contribution in [0.3, 0.4) is 0 Å². The summed E-state index contributed by atoms with van der Waals surface area (Å²) in [7, 11) is 1.32. The molecule has 3 N–H and O–H groups in total. The molecule has 2 aromatic carbocycles. The number of methoxy groups -OCH3 is 1. The number of anilines is 1. The highest BCUT2D eigenvalue weighted by Gasteiger charge is 2.28. The van der Waals surface area contributed by atoms with E-state index in [9.17, 15) is 14.7 Å². The van der Waals surface area contributed by atoms with Crippen LogP contribution in [0.15, 0.2) is 59.1 Å². The molecule has 0 radical (unpaired) electrons. The largest absolute Gasteiger partial charge is 0.508 e.